The van der Waals surface area contributed by atoms with Gasteiger partial charge in [-0.2, -0.15) is 5.26 Å². The second kappa shape index (κ2) is 10.7. The molecule has 0 aliphatic carbocycles. The van der Waals surface area contributed by atoms with Gasteiger partial charge in [0.2, 0.25) is 0 Å². The highest BCUT2D eigenvalue weighted by atomic mass is 35.5. The Balaban J connectivity index is 1.78. The number of halogens is 5. The molecule has 32 heavy (non-hydrogen) atoms. The van der Waals surface area contributed by atoms with Crippen LogP contribution in [0.25, 0.3) is 6.08 Å². The summed E-state index contributed by atoms with van der Waals surface area (Å²) in [5, 5.41) is 12.9. The first kappa shape index (κ1) is 23.9. The lowest BCUT2D eigenvalue weighted by molar-refractivity contribution is -0.112. The molecule has 0 bridgehead atoms. The average molecular weight is 510 g/mol. The van der Waals surface area contributed by atoms with Crippen LogP contribution < -0.4 is 10.1 Å². The third-order valence-electron chi connectivity index (χ3n) is 4.19. The van der Waals surface area contributed by atoms with Gasteiger partial charge in [0.1, 0.15) is 24.1 Å². The number of ether oxygens (including phenoxy) is 1. The van der Waals surface area contributed by atoms with Gasteiger partial charge in [-0.25, -0.2) is 4.39 Å². The molecular formula is C23H13Cl4FN2O2. The molecule has 3 aromatic carbocycles. The Morgan fingerprint density at radius 2 is 1.69 bits per heavy atom. The predicted molar refractivity (Wildman–Crippen MR) is 126 cm³/mol. The fourth-order valence-corrected chi connectivity index (χ4v) is 3.59. The number of amides is 1. The quantitative estimate of drug-likeness (QED) is 0.275. The van der Waals surface area contributed by atoms with E-state index in [9.17, 15) is 14.4 Å². The van der Waals surface area contributed by atoms with Crippen LogP contribution in [-0.2, 0) is 11.4 Å². The number of nitrogens with zero attached hydrogens (tertiary/aromatic N) is 1. The van der Waals surface area contributed by atoms with E-state index in [-0.39, 0.29) is 33.7 Å². The minimum atomic E-state index is -0.773. The number of nitriles is 1. The predicted octanol–water partition coefficient (Wildman–Crippen LogP) is 7.56. The first-order valence-electron chi connectivity index (χ1n) is 9.02. The minimum absolute atomic E-state index is 0.0410. The molecule has 4 nitrogen and oxygen atoms in total. The first-order chi connectivity index (χ1) is 15.3. The molecule has 1 amide bonds. The molecule has 0 aliphatic heterocycles. The van der Waals surface area contributed by atoms with E-state index >= 15 is 0 Å². The summed E-state index contributed by atoms with van der Waals surface area (Å²) >= 11 is 24.5. The van der Waals surface area contributed by atoms with Crippen molar-refractivity contribution >= 4 is 64.1 Å². The molecule has 0 atom stereocenters. The second-order valence-corrected chi connectivity index (χ2v) is 8.08. The molecule has 9 heteroatoms. The molecule has 0 heterocycles. The lowest BCUT2D eigenvalue weighted by Crippen LogP contribution is -2.14. The lowest BCUT2D eigenvalue weighted by Gasteiger charge is -2.12. The molecule has 3 aromatic rings. The van der Waals surface area contributed by atoms with Crippen LogP contribution in [0.3, 0.4) is 0 Å². The van der Waals surface area contributed by atoms with Crippen molar-refractivity contribution in [3.05, 3.63) is 97.2 Å². The van der Waals surface area contributed by atoms with E-state index in [1.165, 1.54) is 36.4 Å². The minimum Gasteiger partial charge on any atom is -0.486 e. The summed E-state index contributed by atoms with van der Waals surface area (Å²) in [5.74, 6) is -1.16. The molecule has 0 spiro atoms. The van der Waals surface area contributed by atoms with E-state index in [1.807, 2.05) is 0 Å². The Kier molecular flexibility index (Phi) is 8.00. The molecule has 0 saturated carbocycles. The van der Waals surface area contributed by atoms with E-state index in [2.05, 4.69) is 5.32 Å². The van der Waals surface area contributed by atoms with Gasteiger partial charge < -0.3 is 10.1 Å². The summed E-state index contributed by atoms with van der Waals surface area (Å²) in [5.41, 5.74) is 0.847. The molecular weight excluding hydrogens is 497 g/mol. The number of carbonyl (C=O) groups is 1. The van der Waals surface area contributed by atoms with Crippen LogP contribution in [-0.4, -0.2) is 5.91 Å². The van der Waals surface area contributed by atoms with Crippen LogP contribution in [0.15, 0.2) is 60.2 Å². The second-order valence-electron chi connectivity index (χ2n) is 6.45. The summed E-state index contributed by atoms with van der Waals surface area (Å²) in [4.78, 5) is 12.4. The number of hydrogen-bond donors (Lipinski definition) is 1. The number of benzene rings is 3. The molecule has 0 aromatic heterocycles. The monoisotopic (exact) mass is 508 g/mol. The first-order valence-corrected chi connectivity index (χ1v) is 10.5. The summed E-state index contributed by atoms with van der Waals surface area (Å²) in [6.07, 6.45) is 1.29. The smallest absolute Gasteiger partial charge is 0.266 e. The van der Waals surface area contributed by atoms with Crippen molar-refractivity contribution in [3.8, 4) is 11.8 Å². The van der Waals surface area contributed by atoms with Crippen molar-refractivity contribution in [2.24, 2.45) is 0 Å². The highest BCUT2D eigenvalue weighted by Gasteiger charge is 2.14. The van der Waals surface area contributed by atoms with Gasteiger partial charge in [0, 0.05) is 0 Å². The van der Waals surface area contributed by atoms with Gasteiger partial charge in [0.05, 0.1) is 25.8 Å². The molecule has 3 rings (SSSR count). The third-order valence-corrected chi connectivity index (χ3v) is 5.49. The van der Waals surface area contributed by atoms with E-state index in [4.69, 9.17) is 51.1 Å². The maximum atomic E-state index is 13.8. The zero-order valence-electron chi connectivity index (χ0n) is 16.1. The van der Waals surface area contributed by atoms with Crippen molar-refractivity contribution < 1.29 is 13.9 Å². The number of anilines is 1. The van der Waals surface area contributed by atoms with Gasteiger partial charge in [0.25, 0.3) is 5.91 Å². The van der Waals surface area contributed by atoms with Crippen LogP contribution in [0, 0.1) is 17.1 Å². The summed E-state index contributed by atoms with van der Waals surface area (Å²) < 4.78 is 19.5. The van der Waals surface area contributed by atoms with E-state index in [0.717, 1.165) is 5.56 Å². The molecule has 0 saturated heterocycles. The lowest BCUT2D eigenvalue weighted by atomic mass is 10.1. The van der Waals surface area contributed by atoms with Crippen LogP contribution in [0.1, 0.15) is 11.1 Å². The van der Waals surface area contributed by atoms with Crippen LogP contribution >= 0.6 is 46.4 Å². The number of hydrogen-bond acceptors (Lipinski definition) is 3. The topological polar surface area (TPSA) is 62.1 Å². The SMILES string of the molecule is N#C/C(=C/c1cc(Cl)c(OCc2ccc(Cl)c(Cl)c2)c(Cl)c1)C(=O)Nc1ccccc1F. The van der Waals surface area contributed by atoms with Gasteiger partial charge in [-0.3, -0.25) is 4.79 Å². The summed E-state index contributed by atoms with van der Waals surface area (Å²) in [7, 11) is 0. The number of para-hydroxylation sites is 1. The van der Waals surface area contributed by atoms with Crippen LogP contribution in [0.5, 0.6) is 5.75 Å². The zero-order chi connectivity index (χ0) is 23.3. The van der Waals surface area contributed by atoms with Gasteiger partial charge >= 0.3 is 0 Å². The molecule has 162 valence electrons. The molecule has 0 radical (unpaired) electrons. The Labute approximate surface area is 203 Å². The molecule has 0 fully saturated rings. The third kappa shape index (κ3) is 5.93. The summed E-state index contributed by atoms with van der Waals surface area (Å²) in [6.45, 7) is 0.139. The maximum Gasteiger partial charge on any atom is 0.266 e. The van der Waals surface area contributed by atoms with Gasteiger partial charge in [-0.05, 0) is 53.6 Å². The molecule has 1 N–H and O–H groups in total. The molecule has 0 unspecified atom stereocenters. The van der Waals surface area contributed by atoms with Gasteiger partial charge in [0.15, 0.2) is 5.75 Å². The zero-order valence-corrected chi connectivity index (χ0v) is 19.2. The standard InChI is InChI=1S/C23H13Cl4FN2O2/c24-16-6-5-13(8-17(16)25)12-32-22-18(26)9-14(10-19(22)27)7-15(11-29)23(31)30-21-4-2-1-3-20(21)28/h1-10H,12H2,(H,30,31)/b15-7-. The highest BCUT2D eigenvalue weighted by molar-refractivity contribution is 6.42. The van der Waals surface area contributed by atoms with Crippen LogP contribution in [0.4, 0.5) is 10.1 Å². The van der Waals surface area contributed by atoms with E-state index < -0.39 is 11.7 Å². The van der Waals surface area contributed by atoms with Crippen molar-refractivity contribution in [2.45, 2.75) is 6.61 Å². The Morgan fingerprint density at radius 1 is 1.00 bits per heavy atom. The molecule has 0 aliphatic rings. The van der Waals surface area contributed by atoms with Crippen molar-refractivity contribution in [1.82, 2.24) is 0 Å². The fraction of sp³-hybridized carbons (Fsp3) is 0.0435. The maximum absolute atomic E-state index is 13.8. The summed E-state index contributed by atoms with van der Waals surface area (Å²) in [6, 6.07) is 15.5. The largest absolute Gasteiger partial charge is 0.486 e. The van der Waals surface area contributed by atoms with Crippen LogP contribution in [0.2, 0.25) is 20.1 Å². The van der Waals surface area contributed by atoms with E-state index in [0.29, 0.717) is 15.6 Å². The number of nitrogens with one attached hydrogen (secondary N) is 1. The average Bonchev–Trinajstić information content (AvgIpc) is 2.75. The van der Waals surface area contributed by atoms with Gasteiger partial charge in [-0.1, -0.05) is 64.6 Å². The highest BCUT2D eigenvalue weighted by Crippen LogP contribution is 2.36. The van der Waals surface area contributed by atoms with Gasteiger partial charge in [-0.15, -0.1) is 0 Å². The van der Waals surface area contributed by atoms with Crippen molar-refractivity contribution in [3.63, 3.8) is 0 Å². The van der Waals surface area contributed by atoms with E-state index in [1.54, 1.807) is 30.3 Å². The van der Waals surface area contributed by atoms with Crippen molar-refractivity contribution in [1.29, 1.82) is 5.26 Å². The fourth-order valence-electron chi connectivity index (χ4n) is 2.65. The number of carbonyl (C=O) groups excluding carboxylic acids is 1. The Bertz CT molecular complexity index is 1230. The normalized spacial score (nSPS) is 11.1. The number of rotatable bonds is 6. The Morgan fingerprint density at radius 3 is 2.31 bits per heavy atom. The van der Waals surface area contributed by atoms with Crippen molar-refractivity contribution in [2.75, 3.05) is 5.32 Å². The Hall–Kier alpha value is -2.75.